The molecule has 0 heterocycles. The van der Waals surface area contributed by atoms with E-state index in [-0.39, 0.29) is 11.7 Å². The van der Waals surface area contributed by atoms with Gasteiger partial charge in [-0.1, -0.05) is 12.1 Å². The van der Waals surface area contributed by atoms with Crippen LogP contribution in [-0.4, -0.2) is 6.04 Å². The molecular weight excluding hydrogens is 167 g/mol. The molecule has 3 N–H and O–H groups in total. The molecule has 2 nitrogen and oxygen atoms in total. The lowest BCUT2D eigenvalue weighted by Crippen LogP contribution is -2.13. The Morgan fingerprint density at radius 1 is 1.62 bits per heavy atom. The van der Waals surface area contributed by atoms with Gasteiger partial charge in [-0.15, -0.1) is 6.58 Å². The molecule has 0 radical (unpaired) electrons. The summed E-state index contributed by atoms with van der Waals surface area (Å²) in [6.07, 6.45) is 1.73. The molecule has 0 bridgehead atoms. The van der Waals surface area contributed by atoms with E-state index in [4.69, 9.17) is 5.73 Å². The second-order valence-electron chi connectivity index (χ2n) is 2.87. The summed E-state index contributed by atoms with van der Waals surface area (Å²) in [6.45, 7) is 5.53. The lowest BCUT2D eigenvalue weighted by Gasteiger charge is -2.12. The third-order valence-corrected chi connectivity index (χ3v) is 1.79. The first-order chi connectivity index (χ1) is 6.15. The van der Waals surface area contributed by atoms with Gasteiger partial charge in [0.2, 0.25) is 0 Å². The van der Waals surface area contributed by atoms with E-state index in [1.54, 1.807) is 18.2 Å². The van der Waals surface area contributed by atoms with Crippen molar-refractivity contribution in [2.24, 2.45) is 0 Å². The van der Waals surface area contributed by atoms with E-state index < -0.39 is 5.82 Å². The smallest absolute Gasteiger partial charge is 0.148 e. The van der Waals surface area contributed by atoms with Gasteiger partial charge in [0.15, 0.2) is 0 Å². The third-order valence-electron chi connectivity index (χ3n) is 1.79. The number of rotatable bonds is 3. The standard InChI is InChI=1S/C10H13FN2/c1-3-7(2)13-9-6-4-5-8(11)10(9)12/h3-7,13H,1,12H2,2H3. The highest BCUT2D eigenvalue weighted by Gasteiger charge is 2.04. The molecule has 0 spiro atoms. The maximum absolute atomic E-state index is 12.9. The number of para-hydroxylation sites is 1. The van der Waals surface area contributed by atoms with Crippen molar-refractivity contribution >= 4 is 11.4 Å². The number of anilines is 2. The van der Waals surface area contributed by atoms with Crippen molar-refractivity contribution in [3.05, 3.63) is 36.7 Å². The average Bonchev–Trinajstić information content (AvgIpc) is 2.13. The molecule has 70 valence electrons. The predicted octanol–water partition coefficient (Wildman–Crippen LogP) is 2.39. The van der Waals surface area contributed by atoms with Gasteiger partial charge in [-0.2, -0.15) is 0 Å². The van der Waals surface area contributed by atoms with Gasteiger partial charge >= 0.3 is 0 Å². The van der Waals surface area contributed by atoms with Crippen molar-refractivity contribution in [1.82, 2.24) is 0 Å². The van der Waals surface area contributed by atoms with E-state index in [0.29, 0.717) is 5.69 Å². The van der Waals surface area contributed by atoms with Crippen LogP contribution in [-0.2, 0) is 0 Å². The number of benzene rings is 1. The summed E-state index contributed by atoms with van der Waals surface area (Å²) in [7, 11) is 0. The lowest BCUT2D eigenvalue weighted by atomic mass is 10.2. The van der Waals surface area contributed by atoms with Crippen molar-refractivity contribution in [2.45, 2.75) is 13.0 Å². The fraction of sp³-hybridized carbons (Fsp3) is 0.200. The molecule has 0 aliphatic rings. The third kappa shape index (κ3) is 2.21. The van der Waals surface area contributed by atoms with E-state index in [9.17, 15) is 4.39 Å². The van der Waals surface area contributed by atoms with Crippen LogP contribution in [0.4, 0.5) is 15.8 Å². The highest BCUT2D eigenvalue weighted by Crippen LogP contribution is 2.21. The summed E-state index contributed by atoms with van der Waals surface area (Å²) < 4.78 is 12.9. The zero-order valence-electron chi connectivity index (χ0n) is 7.55. The van der Waals surface area contributed by atoms with Crippen LogP contribution < -0.4 is 11.1 Å². The minimum atomic E-state index is -0.402. The summed E-state index contributed by atoms with van der Waals surface area (Å²) in [5.74, 6) is -0.402. The summed E-state index contributed by atoms with van der Waals surface area (Å²) in [4.78, 5) is 0. The summed E-state index contributed by atoms with van der Waals surface area (Å²) in [5.41, 5.74) is 6.27. The molecule has 0 fully saturated rings. The second-order valence-corrected chi connectivity index (χ2v) is 2.87. The van der Waals surface area contributed by atoms with Gasteiger partial charge in [-0.05, 0) is 19.1 Å². The van der Waals surface area contributed by atoms with Crippen molar-refractivity contribution in [3.63, 3.8) is 0 Å². The normalized spacial score (nSPS) is 12.2. The van der Waals surface area contributed by atoms with Gasteiger partial charge in [-0.25, -0.2) is 4.39 Å². The quantitative estimate of drug-likeness (QED) is 0.553. The number of hydrogen-bond acceptors (Lipinski definition) is 2. The Morgan fingerprint density at radius 2 is 2.31 bits per heavy atom. The molecule has 0 saturated heterocycles. The molecule has 0 aliphatic carbocycles. The molecule has 13 heavy (non-hydrogen) atoms. The van der Waals surface area contributed by atoms with Crippen LogP contribution in [0.3, 0.4) is 0 Å². The van der Waals surface area contributed by atoms with E-state index in [2.05, 4.69) is 11.9 Å². The minimum Gasteiger partial charge on any atom is -0.395 e. The summed E-state index contributed by atoms with van der Waals surface area (Å²) in [5, 5.41) is 3.02. The van der Waals surface area contributed by atoms with E-state index in [1.807, 2.05) is 6.92 Å². The Kier molecular flexibility index (Phi) is 2.90. The second kappa shape index (κ2) is 3.94. The Hall–Kier alpha value is -1.51. The van der Waals surface area contributed by atoms with Crippen LogP contribution in [0.5, 0.6) is 0 Å². The van der Waals surface area contributed by atoms with Gasteiger partial charge < -0.3 is 11.1 Å². The number of nitrogen functional groups attached to an aromatic ring is 1. The van der Waals surface area contributed by atoms with Crippen molar-refractivity contribution in [3.8, 4) is 0 Å². The molecule has 1 atom stereocenters. The highest BCUT2D eigenvalue weighted by molar-refractivity contribution is 5.67. The maximum Gasteiger partial charge on any atom is 0.148 e. The van der Waals surface area contributed by atoms with Crippen LogP contribution in [0.1, 0.15) is 6.92 Å². The first-order valence-electron chi connectivity index (χ1n) is 4.08. The Bertz CT molecular complexity index is 310. The lowest BCUT2D eigenvalue weighted by molar-refractivity contribution is 0.633. The zero-order chi connectivity index (χ0) is 9.84. The van der Waals surface area contributed by atoms with Crippen molar-refractivity contribution in [1.29, 1.82) is 0 Å². The van der Waals surface area contributed by atoms with Gasteiger partial charge in [0.1, 0.15) is 5.82 Å². The number of halogens is 1. The SMILES string of the molecule is C=CC(C)Nc1cccc(F)c1N. The summed E-state index contributed by atoms with van der Waals surface area (Å²) in [6, 6.07) is 4.76. The molecule has 3 heteroatoms. The van der Waals surface area contributed by atoms with E-state index in [1.165, 1.54) is 6.07 Å². The van der Waals surface area contributed by atoms with Crippen LogP contribution in [0.25, 0.3) is 0 Å². The molecule has 0 aliphatic heterocycles. The fourth-order valence-corrected chi connectivity index (χ4v) is 0.967. The van der Waals surface area contributed by atoms with Crippen molar-refractivity contribution < 1.29 is 4.39 Å². The molecule has 0 amide bonds. The molecule has 0 aromatic heterocycles. The molecule has 1 aromatic carbocycles. The van der Waals surface area contributed by atoms with E-state index >= 15 is 0 Å². The molecule has 0 saturated carbocycles. The van der Waals surface area contributed by atoms with Crippen molar-refractivity contribution in [2.75, 3.05) is 11.1 Å². The highest BCUT2D eigenvalue weighted by atomic mass is 19.1. The van der Waals surface area contributed by atoms with Gasteiger partial charge in [0.05, 0.1) is 11.4 Å². The van der Waals surface area contributed by atoms with Crippen LogP contribution in [0, 0.1) is 5.82 Å². The first kappa shape index (κ1) is 9.58. The molecule has 1 aromatic rings. The Labute approximate surface area is 77.3 Å². The maximum atomic E-state index is 12.9. The van der Waals surface area contributed by atoms with Gasteiger partial charge in [-0.3, -0.25) is 0 Å². The van der Waals surface area contributed by atoms with Gasteiger partial charge in [0, 0.05) is 6.04 Å². The minimum absolute atomic E-state index is 0.0732. The number of nitrogens with one attached hydrogen (secondary N) is 1. The number of hydrogen-bond donors (Lipinski definition) is 2. The number of nitrogens with two attached hydrogens (primary N) is 1. The largest absolute Gasteiger partial charge is 0.395 e. The Morgan fingerprint density at radius 3 is 2.92 bits per heavy atom. The molecule has 1 rings (SSSR count). The topological polar surface area (TPSA) is 38.0 Å². The predicted molar refractivity (Wildman–Crippen MR) is 54.1 cm³/mol. The zero-order valence-corrected chi connectivity index (χ0v) is 7.55. The van der Waals surface area contributed by atoms with E-state index in [0.717, 1.165) is 0 Å². The fourth-order valence-electron chi connectivity index (χ4n) is 0.967. The summed E-state index contributed by atoms with van der Waals surface area (Å²) >= 11 is 0. The van der Waals surface area contributed by atoms with Crippen LogP contribution in [0.2, 0.25) is 0 Å². The first-order valence-corrected chi connectivity index (χ1v) is 4.08. The monoisotopic (exact) mass is 180 g/mol. The Balaban J connectivity index is 2.88. The van der Waals surface area contributed by atoms with Crippen LogP contribution >= 0.6 is 0 Å². The molecular formula is C10H13FN2. The van der Waals surface area contributed by atoms with Crippen LogP contribution in [0.15, 0.2) is 30.9 Å². The average molecular weight is 180 g/mol. The van der Waals surface area contributed by atoms with Gasteiger partial charge in [0.25, 0.3) is 0 Å². The molecule has 1 unspecified atom stereocenters.